The molecule has 1 N–H and O–H groups in total. The van der Waals surface area contributed by atoms with E-state index in [-0.39, 0.29) is 23.1 Å². The van der Waals surface area contributed by atoms with Crippen molar-refractivity contribution in [2.24, 2.45) is 5.92 Å². The highest BCUT2D eigenvalue weighted by Crippen LogP contribution is 2.42. The Hall–Kier alpha value is -2.44. The lowest BCUT2D eigenvalue weighted by Gasteiger charge is -2.51. The molecule has 3 rings (SSSR count). The third-order valence-corrected chi connectivity index (χ3v) is 12.4. The zero-order chi connectivity index (χ0) is 25.9. The maximum Gasteiger partial charge on any atom is 0.408 e. The van der Waals surface area contributed by atoms with Crippen molar-refractivity contribution < 1.29 is 19.1 Å². The number of amides is 1. The van der Waals surface area contributed by atoms with Crippen LogP contribution < -0.4 is 10.4 Å². The van der Waals surface area contributed by atoms with Crippen LogP contribution in [0.3, 0.4) is 0 Å². The largest absolute Gasteiger partial charge is 0.465 e. The third-order valence-electron chi connectivity index (χ3n) is 7.30. The zero-order valence-electron chi connectivity index (χ0n) is 22.0. The third kappa shape index (κ3) is 5.70. The highest BCUT2D eigenvalue weighted by molar-refractivity contribution is 6.99. The molecular formula is C29H41NO4Si. The SMILES string of the molecule is CC(C)(C)N(C(=O)O)[C@@H]1C[C@@H](CC=O)CC[C@H]1O[Si](c1ccccc1)(c1ccccc1)C(C)(C)C. The van der Waals surface area contributed by atoms with Gasteiger partial charge < -0.3 is 14.3 Å². The topological polar surface area (TPSA) is 66.8 Å². The molecule has 1 aliphatic rings. The molecule has 1 amide bonds. The lowest BCUT2D eigenvalue weighted by molar-refractivity contribution is -0.109. The molecule has 5 nitrogen and oxygen atoms in total. The van der Waals surface area contributed by atoms with Gasteiger partial charge in [0.25, 0.3) is 8.32 Å². The van der Waals surface area contributed by atoms with Gasteiger partial charge in [-0.25, -0.2) is 4.79 Å². The van der Waals surface area contributed by atoms with Crippen LogP contribution in [0.2, 0.25) is 5.04 Å². The van der Waals surface area contributed by atoms with Crippen LogP contribution in [0.4, 0.5) is 4.79 Å². The Morgan fingerprint density at radius 2 is 1.49 bits per heavy atom. The first kappa shape index (κ1) is 27.1. The van der Waals surface area contributed by atoms with Gasteiger partial charge in [0.1, 0.15) is 6.29 Å². The molecule has 1 fully saturated rings. The van der Waals surface area contributed by atoms with Crippen molar-refractivity contribution in [1.82, 2.24) is 4.90 Å². The van der Waals surface area contributed by atoms with Gasteiger partial charge in [-0.1, -0.05) is 81.4 Å². The molecule has 3 atom stereocenters. The van der Waals surface area contributed by atoms with E-state index >= 15 is 0 Å². The standard InChI is InChI=1S/C29H41NO4Si/c1-28(2,3)30(27(32)33)25-21-22(19-20-31)17-18-26(25)34-35(29(4,5)6,23-13-9-7-10-14-23)24-15-11-8-12-16-24/h7-16,20,22,25-26H,17-19,21H2,1-6H3,(H,32,33)/t22-,25-,26-/m1/s1. The lowest BCUT2D eigenvalue weighted by atomic mass is 9.80. The van der Waals surface area contributed by atoms with Crippen LogP contribution in [0.25, 0.3) is 0 Å². The van der Waals surface area contributed by atoms with E-state index in [9.17, 15) is 14.7 Å². The Bertz CT molecular complexity index is 942. The summed E-state index contributed by atoms with van der Waals surface area (Å²) in [5, 5.41) is 12.5. The number of hydrogen-bond acceptors (Lipinski definition) is 3. The Balaban J connectivity index is 2.18. The molecule has 0 aromatic heterocycles. The molecule has 1 aliphatic carbocycles. The number of aldehydes is 1. The molecule has 190 valence electrons. The van der Waals surface area contributed by atoms with Crippen LogP contribution in [0.5, 0.6) is 0 Å². The van der Waals surface area contributed by atoms with Gasteiger partial charge in [0.05, 0.1) is 12.1 Å². The van der Waals surface area contributed by atoms with E-state index in [1.165, 1.54) is 10.4 Å². The summed E-state index contributed by atoms with van der Waals surface area (Å²) in [6.45, 7) is 12.5. The Morgan fingerprint density at radius 1 is 0.971 bits per heavy atom. The summed E-state index contributed by atoms with van der Waals surface area (Å²) < 4.78 is 7.43. The molecule has 6 heteroatoms. The Kier molecular flexibility index (Phi) is 8.27. The fourth-order valence-electron chi connectivity index (χ4n) is 5.81. The van der Waals surface area contributed by atoms with Crippen LogP contribution in [-0.2, 0) is 9.22 Å². The summed E-state index contributed by atoms with van der Waals surface area (Å²) in [6.07, 6.45) is 2.44. The summed E-state index contributed by atoms with van der Waals surface area (Å²) in [4.78, 5) is 25.5. The van der Waals surface area contributed by atoms with Crippen molar-refractivity contribution in [2.45, 2.75) is 89.9 Å². The highest BCUT2D eigenvalue weighted by atomic mass is 28.4. The van der Waals surface area contributed by atoms with E-state index in [4.69, 9.17) is 4.43 Å². The first-order valence-electron chi connectivity index (χ1n) is 12.7. The minimum absolute atomic E-state index is 0.167. The van der Waals surface area contributed by atoms with Crippen molar-refractivity contribution in [3.05, 3.63) is 60.7 Å². The Labute approximate surface area is 211 Å². The highest BCUT2D eigenvalue weighted by Gasteiger charge is 2.54. The molecule has 0 bridgehead atoms. The predicted octanol–water partition coefficient (Wildman–Crippen LogP) is 5.47. The van der Waals surface area contributed by atoms with Crippen LogP contribution in [0.1, 0.15) is 67.2 Å². The second-order valence-corrected chi connectivity index (χ2v) is 16.0. The van der Waals surface area contributed by atoms with Gasteiger partial charge in [0, 0.05) is 12.0 Å². The van der Waals surface area contributed by atoms with Crippen LogP contribution in [-0.4, -0.2) is 48.4 Å². The van der Waals surface area contributed by atoms with Gasteiger partial charge in [-0.15, -0.1) is 0 Å². The average Bonchev–Trinajstić information content (AvgIpc) is 2.78. The normalized spacial score (nSPS) is 21.4. The van der Waals surface area contributed by atoms with Crippen molar-refractivity contribution in [3.63, 3.8) is 0 Å². The molecule has 0 spiro atoms. The number of nitrogens with zero attached hydrogens (tertiary/aromatic N) is 1. The first-order valence-corrected chi connectivity index (χ1v) is 14.6. The van der Waals surface area contributed by atoms with Crippen LogP contribution >= 0.6 is 0 Å². The van der Waals surface area contributed by atoms with E-state index < -0.39 is 19.9 Å². The molecule has 35 heavy (non-hydrogen) atoms. The minimum Gasteiger partial charge on any atom is -0.465 e. The average molecular weight is 496 g/mol. The van der Waals surface area contributed by atoms with Crippen LogP contribution in [0, 0.1) is 5.92 Å². The van der Waals surface area contributed by atoms with E-state index in [1.54, 1.807) is 4.90 Å². The number of rotatable bonds is 7. The maximum atomic E-state index is 12.6. The van der Waals surface area contributed by atoms with Crippen molar-refractivity contribution in [1.29, 1.82) is 0 Å². The summed E-state index contributed by atoms with van der Waals surface area (Å²) in [6, 6.07) is 20.6. The minimum atomic E-state index is -2.85. The fourth-order valence-corrected chi connectivity index (χ4v) is 10.6. The number of benzene rings is 2. The van der Waals surface area contributed by atoms with Gasteiger partial charge >= 0.3 is 6.09 Å². The van der Waals surface area contributed by atoms with Crippen molar-refractivity contribution in [3.8, 4) is 0 Å². The van der Waals surface area contributed by atoms with E-state index in [2.05, 4.69) is 69.3 Å². The van der Waals surface area contributed by atoms with Crippen molar-refractivity contribution >= 4 is 31.1 Å². The van der Waals surface area contributed by atoms with Gasteiger partial charge in [-0.3, -0.25) is 4.90 Å². The quantitative estimate of drug-likeness (QED) is 0.409. The van der Waals surface area contributed by atoms with Gasteiger partial charge in [-0.2, -0.15) is 0 Å². The van der Waals surface area contributed by atoms with Crippen LogP contribution in [0.15, 0.2) is 60.7 Å². The predicted molar refractivity (Wildman–Crippen MR) is 144 cm³/mol. The number of carbonyl (C=O) groups is 2. The molecule has 0 aliphatic heterocycles. The monoisotopic (exact) mass is 495 g/mol. The molecule has 0 heterocycles. The van der Waals surface area contributed by atoms with E-state index in [1.807, 2.05) is 32.9 Å². The summed E-state index contributed by atoms with van der Waals surface area (Å²) in [7, 11) is -2.85. The maximum absolute atomic E-state index is 12.6. The molecule has 0 radical (unpaired) electrons. The molecule has 2 aromatic rings. The smallest absolute Gasteiger partial charge is 0.408 e. The molecule has 2 aromatic carbocycles. The zero-order valence-corrected chi connectivity index (χ0v) is 23.0. The van der Waals surface area contributed by atoms with Gasteiger partial charge in [0.2, 0.25) is 0 Å². The second-order valence-electron chi connectivity index (χ2n) is 11.8. The lowest BCUT2D eigenvalue weighted by Crippen LogP contribution is -2.70. The van der Waals surface area contributed by atoms with E-state index in [0.717, 1.165) is 19.1 Å². The molecule has 0 unspecified atom stereocenters. The number of carbonyl (C=O) groups excluding carboxylic acids is 1. The number of carboxylic acid groups (broad SMARTS) is 1. The molecule has 1 saturated carbocycles. The summed E-state index contributed by atoms with van der Waals surface area (Å²) >= 11 is 0. The molecule has 0 saturated heterocycles. The van der Waals surface area contributed by atoms with E-state index in [0.29, 0.717) is 12.8 Å². The first-order chi connectivity index (χ1) is 16.4. The molecular weight excluding hydrogens is 454 g/mol. The summed E-state index contributed by atoms with van der Waals surface area (Å²) in [5.41, 5.74) is -0.591. The van der Waals surface area contributed by atoms with Gasteiger partial charge in [-0.05, 0) is 61.4 Å². The second kappa shape index (κ2) is 10.7. The fraction of sp³-hybridized carbons (Fsp3) is 0.517. The number of hydrogen-bond donors (Lipinski definition) is 1. The summed E-state index contributed by atoms with van der Waals surface area (Å²) in [5.74, 6) is 0.167. The van der Waals surface area contributed by atoms with Crippen molar-refractivity contribution in [2.75, 3.05) is 0 Å². The Morgan fingerprint density at radius 3 is 1.89 bits per heavy atom. The van der Waals surface area contributed by atoms with Gasteiger partial charge in [0.15, 0.2) is 0 Å².